The smallest absolute Gasteiger partial charge is 0.253 e. The van der Waals surface area contributed by atoms with Crippen molar-refractivity contribution in [1.82, 2.24) is 9.88 Å². The van der Waals surface area contributed by atoms with Crippen LogP contribution in [-0.2, 0) is 0 Å². The molecule has 7 nitrogen and oxygen atoms in total. The minimum Gasteiger partial charge on any atom is -0.493 e. The van der Waals surface area contributed by atoms with E-state index < -0.39 is 0 Å². The number of pyridine rings is 1. The lowest BCUT2D eigenvalue weighted by atomic mass is 10.2. The molecular weight excluding hydrogens is 346 g/mol. The average molecular weight is 373 g/mol. The Morgan fingerprint density at radius 1 is 1.11 bits per heavy atom. The van der Waals surface area contributed by atoms with Crippen LogP contribution in [0.25, 0.3) is 0 Å². The van der Waals surface area contributed by atoms with E-state index in [1.165, 1.54) is 0 Å². The summed E-state index contributed by atoms with van der Waals surface area (Å²) in [6.07, 6.45) is 3.63. The zero-order chi connectivity index (χ0) is 19.8. The van der Waals surface area contributed by atoms with Crippen LogP contribution >= 0.6 is 0 Å². The van der Waals surface area contributed by atoms with Gasteiger partial charge in [-0.2, -0.15) is 0 Å². The van der Waals surface area contributed by atoms with Crippen LogP contribution in [0, 0.1) is 0 Å². The van der Waals surface area contributed by atoms with Crippen molar-refractivity contribution in [3.63, 3.8) is 0 Å². The van der Waals surface area contributed by atoms with E-state index in [0.717, 1.165) is 19.4 Å². The first-order valence-electron chi connectivity index (χ1n) is 8.82. The molecule has 27 heavy (non-hydrogen) atoms. The zero-order valence-corrected chi connectivity index (χ0v) is 16.5. The van der Waals surface area contributed by atoms with E-state index in [2.05, 4.69) is 17.2 Å². The molecule has 0 bridgehead atoms. The Balaban J connectivity index is 2.24. The van der Waals surface area contributed by atoms with Crippen LogP contribution in [0.15, 0.2) is 30.5 Å². The second kappa shape index (κ2) is 9.66. The molecule has 2 rings (SSSR count). The van der Waals surface area contributed by atoms with E-state index in [-0.39, 0.29) is 5.91 Å². The number of unbranched alkanes of at least 4 members (excludes halogenated alkanes) is 1. The number of benzene rings is 1. The predicted molar refractivity (Wildman–Crippen MR) is 105 cm³/mol. The molecule has 1 heterocycles. The Kier molecular flexibility index (Phi) is 7.28. The number of carbonyl (C=O) groups excluding carboxylic acids is 1. The van der Waals surface area contributed by atoms with Gasteiger partial charge in [-0.05, 0) is 18.6 Å². The molecular formula is C20H27N3O4. The Hall–Kier alpha value is -2.96. The summed E-state index contributed by atoms with van der Waals surface area (Å²) in [5.41, 5.74) is 1.29. The second-order valence-electron chi connectivity index (χ2n) is 6.05. The van der Waals surface area contributed by atoms with Crippen LogP contribution < -0.4 is 19.5 Å². The van der Waals surface area contributed by atoms with Gasteiger partial charge in [0.15, 0.2) is 11.5 Å². The molecule has 0 aliphatic rings. The van der Waals surface area contributed by atoms with Gasteiger partial charge in [0.2, 0.25) is 5.75 Å². The molecule has 0 fully saturated rings. The fraction of sp³-hybridized carbons (Fsp3) is 0.400. The Morgan fingerprint density at radius 3 is 2.33 bits per heavy atom. The third-order valence-corrected chi connectivity index (χ3v) is 4.14. The van der Waals surface area contributed by atoms with Crippen LogP contribution in [0.5, 0.6) is 17.2 Å². The number of hydrogen-bond acceptors (Lipinski definition) is 6. The summed E-state index contributed by atoms with van der Waals surface area (Å²) in [6.45, 7) is 2.83. The van der Waals surface area contributed by atoms with Crippen LogP contribution in [0.1, 0.15) is 30.1 Å². The molecule has 0 atom stereocenters. The lowest BCUT2D eigenvalue weighted by Gasteiger charge is -2.17. The number of rotatable bonds is 9. The zero-order valence-electron chi connectivity index (χ0n) is 16.5. The van der Waals surface area contributed by atoms with Crippen molar-refractivity contribution >= 4 is 17.4 Å². The lowest BCUT2D eigenvalue weighted by Crippen LogP contribution is -2.27. The van der Waals surface area contributed by atoms with Gasteiger partial charge in [-0.25, -0.2) is 4.98 Å². The fourth-order valence-corrected chi connectivity index (χ4v) is 2.65. The maximum Gasteiger partial charge on any atom is 0.253 e. The number of anilines is 2. The van der Waals surface area contributed by atoms with Crippen LogP contribution in [-0.4, -0.2) is 50.7 Å². The van der Waals surface area contributed by atoms with Gasteiger partial charge in [0, 0.05) is 43.2 Å². The van der Waals surface area contributed by atoms with E-state index in [9.17, 15) is 4.79 Å². The van der Waals surface area contributed by atoms with Gasteiger partial charge in [0.05, 0.1) is 21.3 Å². The van der Waals surface area contributed by atoms with Crippen molar-refractivity contribution in [2.75, 3.05) is 40.2 Å². The van der Waals surface area contributed by atoms with E-state index >= 15 is 0 Å². The topological polar surface area (TPSA) is 72.9 Å². The van der Waals surface area contributed by atoms with Gasteiger partial charge in [0.1, 0.15) is 5.82 Å². The highest BCUT2D eigenvalue weighted by Crippen LogP contribution is 2.40. The molecule has 0 radical (unpaired) electrons. The molecule has 1 N–H and O–H groups in total. The van der Waals surface area contributed by atoms with E-state index in [0.29, 0.717) is 34.3 Å². The number of nitrogens with zero attached hydrogens (tertiary/aromatic N) is 2. The SMILES string of the molecule is CCCCN(C)C(=O)c1ccnc(Nc2cc(OC)c(OC)c(OC)c2)c1. The van der Waals surface area contributed by atoms with Gasteiger partial charge in [-0.15, -0.1) is 0 Å². The Bertz CT molecular complexity index is 755. The first-order valence-corrected chi connectivity index (χ1v) is 8.82. The van der Waals surface area contributed by atoms with Crippen LogP contribution in [0.4, 0.5) is 11.5 Å². The van der Waals surface area contributed by atoms with Crippen LogP contribution in [0.3, 0.4) is 0 Å². The number of amides is 1. The first kappa shape index (κ1) is 20.4. The summed E-state index contributed by atoms with van der Waals surface area (Å²) in [4.78, 5) is 18.6. The van der Waals surface area contributed by atoms with Crippen LogP contribution in [0.2, 0.25) is 0 Å². The van der Waals surface area contributed by atoms with Crippen molar-refractivity contribution in [2.45, 2.75) is 19.8 Å². The number of ether oxygens (including phenoxy) is 3. The third-order valence-electron chi connectivity index (χ3n) is 4.14. The molecule has 0 unspecified atom stereocenters. The number of nitrogens with one attached hydrogen (secondary N) is 1. The molecule has 0 saturated heterocycles. The molecule has 2 aromatic rings. The quantitative estimate of drug-likeness (QED) is 0.722. The first-order chi connectivity index (χ1) is 13.0. The van der Waals surface area contributed by atoms with Gasteiger partial charge < -0.3 is 24.4 Å². The van der Waals surface area contributed by atoms with Crippen molar-refractivity contribution in [3.8, 4) is 17.2 Å². The molecule has 1 aromatic carbocycles. The third kappa shape index (κ3) is 5.03. The minimum absolute atomic E-state index is 0.0289. The van der Waals surface area contributed by atoms with Crippen molar-refractivity contribution in [1.29, 1.82) is 0 Å². The fourth-order valence-electron chi connectivity index (χ4n) is 2.65. The number of hydrogen-bond donors (Lipinski definition) is 1. The van der Waals surface area contributed by atoms with Crippen molar-refractivity contribution < 1.29 is 19.0 Å². The van der Waals surface area contributed by atoms with E-state index in [1.54, 1.807) is 56.7 Å². The molecule has 0 saturated carbocycles. The van der Waals surface area contributed by atoms with E-state index in [1.807, 2.05) is 7.05 Å². The lowest BCUT2D eigenvalue weighted by molar-refractivity contribution is 0.0793. The number of methoxy groups -OCH3 is 3. The summed E-state index contributed by atoms with van der Waals surface area (Å²) in [5.74, 6) is 2.11. The Morgan fingerprint density at radius 2 is 1.78 bits per heavy atom. The highest BCUT2D eigenvalue weighted by molar-refractivity contribution is 5.94. The maximum absolute atomic E-state index is 12.6. The molecule has 7 heteroatoms. The summed E-state index contributed by atoms with van der Waals surface area (Å²) >= 11 is 0. The average Bonchev–Trinajstić information content (AvgIpc) is 2.70. The normalized spacial score (nSPS) is 10.3. The second-order valence-corrected chi connectivity index (χ2v) is 6.05. The molecule has 146 valence electrons. The van der Waals surface area contributed by atoms with Crippen molar-refractivity contribution in [2.24, 2.45) is 0 Å². The van der Waals surface area contributed by atoms with Crippen molar-refractivity contribution in [3.05, 3.63) is 36.0 Å². The standard InChI is InChI=1S/C20H27N3O4/c1-6-7-10-23(2)20(24)14-8-9-21-18(11-14)22-15-12-16(25-3)19(27-5)17(13-15)26-4/h8-9,11-13H,6-7,10H2,1-5H3,(H,21,22). The highest BCUT2D eigenvalue weighted by atomic mass is 16.5. The number of carbonyl (C=O) groups is 1. The number of aromatic nitrogens is 1. The molecule has 1 aromatic heterocycles. The molecule has 0 aliphatic carbocycles. The summed E-state index contributed by atoms with van der Waals surface area (Å²) < 4.78 is 16.1. The summed E-state index contributed by atoms with van der Waals surface area (Å²) in [5, 5.41) is 3.18. The Labute approximate surface area is 160 Å². The van der Waals surface area contributed by atoms with Gasteiger partial charge in [-0.1, -0.05) is 13.3 Å². The molecule has 1 amide bonds. The summed E-state index contributed by atoms with van der Waals surface area (Å²) in [6, 6.07) is 7.01. The van der Waals surface area contributed by atoms with Gasteiger partial charge >= 0.3 is 0 Å². The minimum atomic E-state index is -0.0289. The maximum atomic E-state index is 12.6. The highest BCUT2D eigenvalue weighted by Gasteiger charge is 2.15. The van der Waals surface area contributed by atoms with Gasteiger partial charge in [0.25, 0.3) is 5.91 Å². The summed E-state index contributed by atoms with van der Waals surface area (Å²) in [7, 11) is 6.49. The largest absolute Gasteiger partial charge is 0.493 e. The monoisotopic (exact) mass is 373 g/mol. The van der Waals surface area contributed by atoms with Gasteiger partial charge in [-0.3, -0.25) is 4.79 Å². The predicted octanol–water partition coefficient (Wildman–Crippen LogP) is 3.72. The van der Waals surface area contributed by atoms with E-state index in [4.69, 9.17) is 14.2 Å². The molecule has 0 spiro atoms. The molecule has 0 aliphatic heterocycles.